The van der Waals surface area contributed by atoms with Gasteiger partial charge in [0, 0.05) is 16.6 Å². The van der Waals surface area contributed by atoms with Gasteiger partial charge in [-0.05, 0) is 56.7 Å². The van der Waals surface area contributed by atoms with E-state index in [0.717, 1.165) is 27.9 Å². The third-order valence-electron chi connectivity index (χ3n) is 5.21. The smallest absolute Gasteiger partial charge is 0.123 e. The van der Waals surface area contributed by atoms with E-state index in [1.165, 1.54) is 17.7 Å². The molecule has 4 heteroatoms. The standard InChI is InChI=1S/C25H24FN3/c1-4-23(28-25(2,3)18-9-6-5-7-10-18)21-11-8-12-24-22(21)17-27-29(24)20-15-13-19(26)14-16-20/h4-17,28H,1-3H3/b23-4-. The van der Waals surface area contributed by atoms with Gasteiger partial charge in [-0.15, -0.1) is 0 Å². The van der Waals surface area contributed by atoms with Crippen molar-refractivity contribution in [3.63, 3.8) is 0 Å². The number of allylic oxidation sites excluding steroid dienone is 1. The van der Waals surface area contributed by atoms with Crippen molar-refractivity contribution in [2.75, 3.05) is 0 Å². The van der Waals surface area contributed by atoms with Gasteiger partial charge >= 0.3 is 0 Å². The highest BCUT2D eigenvalue weighted by atomic mass is 19.1. The van der Waals surface area contributed by atoms with Crippen LogP contribution in [0.15, 0.2) is 85.1 Å². The first-order valence-electron chi connectivity index (χ1n) is 9.73. The molecular weight excluding hydrogens is 361 g/mol. The van der Waals surface area contributed by atoms with E-state index in [1.807, 2.05) is 36.0 Å². The van der Waals surface area contributed by atoms with Crippen LogP contribution in [0, 0.1) is 5.82 Å². The molecule has 4 rings (SSSR count). The van der Waals surface area contributed by atoms with E-state index in [1.54, 1.807) is 12.1 Å². The number of hydrogen-bond donors (Lipinski definition) is 1. The van der Waals surface area contributed by atoms with Gasteiger partial charge in [0.1, 0.15) is 5.82 Å². The van der Waals surface area contributed by atoms with Crippen molar-refractivity contribution in [1.82, 2.24) is 15.1 Å². The Bertz CT molecular complexity index is 1160. The summed E-state index contributed by atoms with van der Waals surface area (Å²) >= 11 is 0. The predicted molar refractivity (Wildman–Crippen MR) is 117 cm³/mol. The minimum Gasteiger partial charge on any atom is -0.376 e. The molecule has 3 aromatic carbocycles. The number of fused-ring (bicyclic) bond motifs is 1. The Labute approximate surface area is 170 Å². The Balaban J connectivity index is 1.74. The quantitative estimate of drug-likeness (QED) is 0.453. The number of nitrogens with one attached hydrogen (secondary N) is 1. The van der Waals surface area contributed by atoms with Crippen molar-refractivity contribution in [3.8, 4) is 5.69 Å². The first-order valence-corrected chi connectivity index (χ1v) is 9.73. The van der Waals surface area contributed by atoms with E-state index in [9.17, 15) is 4.39 Å². The van der Waals surface area contributed by atoms with Gasteiger partial charge in [0.15, 0.2) is 0 Å². The number of halogens is 1. The van der Waals surface area contributed by atoms with Crippen molar-refractivity contribution in [2.45, 2.75) is 26.3 Å². The van der Waals surface area contributed by atoms with Crippen molar-refractivity contribution < 1.29 is 4.39 Å². The molecule has 0 atom stereocenters. The Morgan fingerprint density at radius 2 is 1.69 bits per heavy atom. The van der Waals surface area contributed by atoms with Gasteiger partial charge < -0.3 is 5.32 Å². The highest BCUT2D eigenvalue weighted by Crippen LogP contribution is 2.29. The Morgan fingerprint density at radius 3 is 2.38 bits per heavy atom. The van der Waals surface area contributed by atoms with Crippen LogP contribution in [-0.4, -0.2) is 9.78 Å². The Kier molecular flexibility index (Phi) is 4.93. The molecule has 0 spiro atoms. The number of rotatable bonds is 5. The lowest BCUT2D eigenvalue weighted by atomic mass is 9.93. The fraction of sp³-hybridized carbons (Fsp3) is 0.160. The molecule has 0 bridgehead atoms. The Morgan fingerprint density at radius 1 is 0.966 bits per heavy atom. The summed E-state index contributed by atoms with van der Waals surface area (Å²) in [6.07, 6.45) is 3.96. The largest absolute Gasteiger partial charge is 0.376 e. The number of hydrogen-bond acceptors (Lipinski definition) is 2. The summed E-state index contributed by atoms with van der Waals surface area (Å²) in [5, 5.41) is 9.31. The second-order valence-corrected chi connectivity index (χ2v) is 7.59. The lowest BCUT2D eigenvalue weighted by Gasteiger charge is -2.30. The topological polar surface area (TPSA) is 29.9 Å². The fourth-order valence-electron chi connectivity index (χ4n) is 3.63. The van der Waals surface area contributed by atoms with Gasteiger partial charge in [-0.1, -0.05) is 48.5 Å². The molecule has 0 amide bonds. The van der Waals surface area contributed by atoms with Crippen LogP contribution in [0.2, 0.25) is 0 Å². The molecule has 146 valence electrons. The molecule has 0 unspecified atom stereocenters. The zero-order chi connectivity index (χ0) is 20.4. The van der Waals surface area contributed by atoms with Crippen LogP contribution in [0.5, 0.6) is 0 Å². The van der Waals surface area contributed by atoms with Gasteiger partial charge in [-0.2, -0.15) is 5.10 Å². The van der Waals surface area contributed by atoms with Gasteiger partial charge in [0.05, 0.1) is 22.9 Å². The monoisotopic (exact) mass is 385 g/mol. The minimum atomic E-state index is -0.255. The molecule has 3 nitrogen and oxygen atoms in total. The molecule has 29 heavy (non-hydrogen) atoms. The molecule has 0 aliphatic heterocycles. The molecule has 0 radical (unpaired) electrons. The summed E-state index contributed by atoms with van der Waals surface area (Å²) in [6.45, 7) is 6.38. The fourth-order valence-corrected chi connectivity index (χ4v) is 3.63. The molecule has 0 aliphatic rings. The van der Waals surface area contributed by atoms with E-state index >= 15 is 0 Å². The summed E-state index contributed by atoms with van der Waals surface area (Å²) in [6, 6.07) is 22.9. The number of benzene rings is 3. The van der Waals surface area contributed by atoms with Crippen molar-refractivity contribution in [2.24, 2.45) is 0 Å². The van der Waals surface area contributed by atoms with Gasteiger partial charge in [0.2, 0.25) is 0 Å². The molecular formula is C25H24FN3. The van der Waals surface area contributed by atoms with Crippen LogP contribution in [0.3, 0.4) is 0 Å². The summed E-state index contributed by atoms with van der Waals surface area (Å²) in [7, 11) is 0. The van der Waals surface area contributed by atoms with Crippen LogP contribution in [-0.2, 0) is 5.54 Å². The average molecular weight is 385 g/mol. The molecule has 0 saturated heterocycles. The highest BCUT2D eigenvalue weighted by molar-refractivity contribution is 5.92. The normalized spacial score (nSPS) is 12.3. The van der Waals surface area contributed by atoms with Gasteiger partial charge in [0.25, 0.3) is 0 Å². The van der Waals surface area contributed by atoms with Crippen LogP contribution in [0.25, 0.3) is 22.3 Å². The minimum absolute atomic E-state index is 0.238. The van der Waals surface area contributed by atoms with E-state index in [0.29, 0.717) is 0 Å². The zero-order valence-electron chi connectivity index (χ0n) is 16.9. The second-order valence-electron chi connectivity index (χ2n) is 7.59. The highest BCUT2D eigenvalue weighted by Gasteiger charge is 2.22. The third kappa shape index (κ3) is 3.66. The third-order valence-corrected chi connectivity index (χ3v) is 5.21. The maximum atomic E-state index is 13.3. The van der Waals surface area contributed by atoms with Gasteiger partial charge in [-0.3, -0.25) is 0 Å². The zero-order valence-corrected chi connectivity index (χ0v) is 16.9. The molecule has 0 aliphatic carbocycles. The van der Waals surface area contributed by atoms with Crippen LogP contribution >= 0.6 is 0 Å². The van der Waals surface area contributed by atoms with Crippen molar-refractivity contribution in [1.29, 1.82) is 0 Å². The SMILES string of the molecule is C/C=C(\NC(C)(C)c1ccccc1)c1cccc2c1cnn2-c1ccc(F)cc1. The molecule has 1 heterocycles. The second kappa shape index (κ2) is 7.55. The summed E-state index contributed by atoms with van der Waals surface area (Å²) < 4.78 is 15.2. The summed E-state index contributed by atoms with van der Waals surface area (Å²) in [5.74, 6) is -0.255. The summed E-state index contributed by atoms with van der Waals surface area (Å²) in [5.41, 5.74) is 4.92. The van der Waals surface area contributed by atoms with Crippen molar-refractivity contribution >= 4 is 16.6 Å². The maximum absolute atomic E-state index is 13.3. The number of aromatic nitrogens is 2. The molecule has 4 aromatic rings. The molecule has 1 aromatic heterocycles. The number of nitrogens with zero attached hydrogens (tertiary/aromatic N) is 2. The Hall–Kier alpha value is -3.40. The first kappa shape index (κ1) is 18.9. The lowest BCUT2D eigenvalue weighted by molar-refractivity contribution is 0.476. The summed E-state index contributed by atoms with van der Waals surface area (Å²) in [4.78, 5) is 0. The van der Waals surface area contributed by atoms with Crippen LogP contribution < -0.4 is 5.32 Å². The lowest BCUT2D eigenvalue weighted by Crippen LogP contribution is -2.35. The van der Waals surface area contributed by atoms with Gasteiger partial charge in [-0.25, -0.2) is 9.07 Å². The van der Waals surface area contributed by atoms with E-state index in [4.69, 9.17) is 0 Å². The van der Waals surface area contributed by atoms with E-state index < -0.39 is 0 Å². The molecule has 0 fully saturated rings. The predicted octanol–water partition coefficient (Wildman–Crippen LogP) is 6.05. The van der Waals surface area contributed by atoms with Crippen LogP contribution in [0.4, 0.5) is 4.39 Å². The molecule has 1 N–H and O–H groups in total. The van der Waals surface area contributed by atoms with Crippen molar-refractivity contribution in [3.05, 3.63) is 102 Å². The van der Waals surface area contributed by atoms with E-state index in [2.05, 4.69) is 60.7 Å². The first-order chi connectivity index (χ1) is 14.0. The van der Waals surface area contributed by atoms with E-state index in [-0.39, 0.29) is 11.4 Å². The molecule has 0 saturated carbocycles. The average Bonchev–Trinajstić information content (AvgIpc) is 3.18. The van der Waals surface area contributed by atoms with Crippen LogP contribution in [0.1, 0.15) is 31.9 Å². The maximum Gasteiger partial charge on any atom is 0.123 e.